The Bertz CT molecular complexity index is 1110. The standard InChI is InChI=1S/C20H14O4S2/c21-25(22)17-11-9-13-5-1-3-7-15(13)19(17)20-16-8-4-2-6-14(16)10-12-18(20)26(23)24/h1-12H,(H,21,22)(H,23,24). The first-order valence-electron chi connectivity index (χ1n) is 7.83. The second kappa shape index (κ2) is 6.74. The van der Waals surface area contributed by atoms with Gasteiger partial charge in [0.15, 0.2) is 22.2 Å². The summed E-state index contributed by atoms with van der Waals surface area (Å²) in [5, 5.41) is 3.30. The summed E-state index contributed by atoms with van der Waals surface area (Å²) >= 11 is -4.48. The van der Waals surface area contributed by atoms with Crippen molar-refractivity contribution in [1.29, 1.82) is 0 Å². The van der Waals surface area contributed by atoms with Crippen LogP contribution in [0.3, 0.4) is 0 Å². The van der Waals surface area contributed by atoms with Gasteiger partial charge in [-0.15, -0.1) is 0 Å². The molecule has 0 radical (unpaired) electrons. The minimum atomic E-state index is -2.24. The van der Waals surface area contributed by atoms with E-state index in [1.165, 1.54) is 0 Å². The minimum Gasteiger partial charge on any atom is -0.302 e. The van der Waals surface area contributed by atoms with Crippen LogP contribution >= 0.6 is 0 Å². The Morgan fingerprint density at radius 2 is 0.923 bits per heavy atom. The second-order valence-electron chi connectivity index (χ2n) is 5.82. The zero-order valence-electron chi connectivity index (χ0n) is 13.5. The molecule has 4 nitrogen and oxygen atoms in total. The van der Waals surface area contributed by atoms with Crippen molar-refractivity contribution in [3.05, 3.63) is 72.8 Å². The van der Waals surface area contributed by atoms with Crippen LogP contribution in [0, 0.1) is 0 Å². The molecule has 0 aliphatic rings. The molecule has 0 saturated heterocycles. The average Bonchev–Trinajstić information content (AvgIpc) is 2.66. The molecule has 0 spiro atoms. The summed E-state index contributed by atoms with van der Waals surface area (Å²) in [4.78, 5) is 0.429. The van der Waals surface area contributed by atoms with Crippen molar-refractivity contribution < 1.29 is 17.5 Å². The lowest BCUT2D eigenvalue weighted by Crippen LogP contribution is -2.00. The molecule has 6 heteroatoms. The van der Waals surface area contributed by atoms with Gasteiger partial charge in [-0.25, -0.2) is 8.42 Å². The van der Waals surface area contributed by atoms with Crippen LogP contribution in [0.1, 0.15) is 0 Å². The van der Waals surface area contributed by atoms with E-state index in [1.54, 1.807) is 24.3 Å². The molecule has 0 aromatic heterocycles. The van der Waals surface area contributed by atoms with Crippen molar-refractivity contribution in [1.82, 2.24) is 0 Å². The van der Waals surface area contributed by atoms with Crippen LogP contribution in [-0.2, 0) is 22.2 Å². The fourth-order valence-corrected chi connectivity index (χ4v) is 4.45. The molecule has 0 amide bonds. The molecular formula is C20H14O4S2. The molecule has 4 aromatic rings. The molecule has 4 aromatic carbocycles. The minimum absolute atomic E-state index is 0.215. The molecule has 0 heterocycles. The first-order valence-corrected chi connectivity index (χ1v) is 10.0. The maximum atomic E-state index is 12.0. The number of benzene rings is 4. The van der Waals surface area contributed by atoms with Crippen LogP contribution in [0.15, 0.2) is 82.6 Å². The summed E-state index contributed by atoms with van der Waals surface area (Å²) in [7, 11) is 0. The number of rotatable bonds is 3. The summed E-state index contributed by atoms with van der Waals surface area (Å²) in [6.07, 6.45) is 0. The smallest absolute Gasteiger partial charge is 0.187 e. The monoisotopic (exact) mass is 382 g/mol. The van der Waals surface area contributed by atoms with Gasteiger partial charge in [-0.05, 0) is 33.7 Å². The summed E-state index contributed by atoms with van der Waals surface area (Å²) < 4.78 is 43.8. The molecule has 130 valence electrons. The van der Waals surface area contributed by atoms with E-state index in [-0.39, 0.29) is 9.79 Å². The van der Waals surface area contributed by atoms with Crippen LogP contribution in [0.25, 0.3) is 32.7 Å². The lowest BCUT2D eigenvalue weighted by molar-refractivity contribution is 0.562. The Hall–Kier alpha value is -2.38. The fourth-order valence-electron chi connectivity index (χ4n) is 3.31. The SMILES string of the molecule is O=S(O)c1ccc2ccccc2c1-c1c(S(=O)O)ccc2ccccc12. The fraction of sp³-hybridized carbons (Fsp3) is 0. The van der Waals surface area contributed by atoms with Crippen LogP contribution < -0.4 is 0 Å². The predicted octanol–water partition coefficient (Wildman–Crippen LogP) is 4.82. The maximum Gasteiger partial charge on any atom is 0.187 e. The highest BCUT2D eigenvalue weighted by Crippen LogP contribution is 2.41. The largest absolute Gasteiger partial charge is 0.302 e. The van der Waals surface area contributed by atoms with Crippen LogP contribution in [0.2, 0.25) is 0 Å². The van der Waals surface area contributed by atoms with Gasteiger partial charge in [-0.3, -0.25) is 0 Å². The van der Waals surface area contributed by atoms with Crippen molar-refractivity contribution in [3.63, 3.8) is 0 Å². The quantitative estimate of drug-likeness (QED) is 0.498. The summed E-state index contributed by atoms with van der Waals surface area (Å²) in [5.74, 6) is 0. The third-order valence-corrected chi connectivity index (χ3v) is 5.84. The molecule has 0 fully saturated rings. The molecule has 2 atom stereocenters. The molecule has 0 saturated carbocycles. The summed E-state index contributed by atoms with van der Waals surface area (Å²) in [6, 6.07) is 21.7. The van der Waals surface area contributed by atoms with E-state index in [4.69, 9.17) is 0 Å². The Morgan fingerprint density at radius 1 is 0.538 bits per heavy atom. The highest BCUT2D eigenvalue weighted by molar-refractivity contribution is 7.79. The van der Waals surface area contributed by atoms with Crippen molar-refractivity contribution in [3.8, 4) is 11.1 Å². The van der Waals surface area contributed by atoms with Gasteiger partial charge in [0.2, 0.25) is 0 Å². The van der Waals surface area contributed by atoms with Gasteiger partial charge >= 0.3 is 0 Å². The second-order valence-corrected chi connectivity index (χ2v) is 7.69. The molecule has 2 unspecified atom stereocenters. The van der Waals surface area contributed by atoms with Gasteiger partial charge in [0.25, 0.3) is 0 Å². The topological polar surface area (TPSA) is 74.6 Å². The van der Waals surface area contributed by atoms with Crippen LogP contribution in [0.5, 0.6) is 0 Å². The zero-order valence-corrected chi connectivity index (χ0v) is 15.1. The Balaban J connectivity index is 2.27. The Labute approximate surface area is 155 Å². The maximum absolute atomic E-state index is 12.0. The van der Waals surface area contributed by atoms with Gasteiger partial charge in [-0.2, -0.15) is 0 Å². The van der Waals surface area contributed by atoms with Gasteiger partial charge in [0.1, 0.15) is 0 Å². The third kappa shape index (κ3) is 2.77. The zero-order chi connectivity index (χ0) is 18.3. The van der Waals surface area contributed by atoms with E-state index in [9.17, 15) is 17.5 Å². The van der Waals surface area contributed by atoms with Crippen LogP contribution in [-0.4, -0.2) is 17.5 Å². The van der Waals surface area contributed by atoms with E-state index in [1.807, 2.05) is 48.5 Å². The highest BCUT2D eigenvalue weighted by Gasteiger charge is 2.21. The van der Waals surface area contributed by atoms with E-state index >= 15 is 0 Å². The molecule has 26 heavy (non-hydrogen) atoms. The van der Waals surface area contributed by atoms with E-state index in [0.717, 1.165) is 21.5 Å². The third-order valence-electron chi connectivity index (χ3n) is 4.41. The Kier molecular flexibility index (Phi) is 4.42. The molecular weight excluding hydrogens is 368 g/mol. The van der Waals surface area contributed by atoms with Crippen LogP contribution in [0.4, 0.5) is 0 Å². The average molecular weight is 382 g/mol. The first-order chi connectivity index (χ1) is 12.6. The van der Waals surface area contributed by atoms with Crippen molar-refractivity contribution in [2.24, 2.45) is 0 Å². The molecule has 0 bridgehead atoms. The van der Waals surface area contributed by atoms with E-state index in [0.29, 0.717) is 11.1 Å². The first kappa shape index (κ1) is 17.1. The Morgan fingerprint density at radius 3 is 1.31 bits per heavy atom. The van der Waals surface area contributed by atoms with E-state index in [2.05, 4.69) is 0 Å². The molecule has 0 aliphatic carbocycles. The van der Waals surface area contributed by atoms with Gasteiger partial charge < -0.3 is 9.11 Å². The normalized spacial score (nSPS) is 13.8. The van der Waals surface area contributed by atoms with Crippen molar-refractivity contribution >= 4 is 43.7 Å². The van der Waals surface area contributed by atoms with Crippen molar-refractivity contribution in [2.75, 3.05) is 0 Å². The lowest BCUT2D eigenvalue weighted by Gasteiger charge is -2.16. The van der Waals surface area contributed by atoms with Gasteiger partial charge in [0.05, 0.1) is 9.79 Å². The van der Waals surface area contributed by atoms with Crippen molar-refractivity contribution in [2.45, 2.75) is 9.79 Å². The number of hydrogen-bond donors (Lipinski definition) is 2. The lowest BCUT2D eigenvalue weighted by atomic mass is 9.94. The molecule has 0 aliphatic heterocycles. The highest BCUT2D eigenvalue weighted by atomic mass is 32.2. The number of fused-ring (bicyclic) bond motifs is 2. The molecule has 4 rings (SSSR count). The van der Waals surface area contributed by atoms with Gasteiger partial charge in [0, 0.05) is 11.1 Å². The number of hydrogen-bond acceptors (Lipinski definition) is 2. The van der Waals surface area contributed by atoms with Gasteiger partial charge in [-0.1, -0.05) is 60.7 Å². The molecule has 2 N–H and O–H groups in total. The predicted molar refractivity (Wildman–Crippen MR) is 105 cm³/mol. The summed E-state index contributed by atoms with van der Waals surface area (Å²) in [5.41, 5.74) is 1.02. The van der Waals surface area contributed by atoms with E-state index < -0.39 is 22.2 Å². The summed E-state index contributed by atoms with van der Waals surface area (Å²) in [6.45, 7) is 0.